The van der Waals surface area contributed by atoms with Gasteiger partial charge < -0.3 is 62.6 Å². The van der Waals surface area contributed by atoms with Crippen LogP contribution in [-0.2, 0) is 19.1 Å². The SMILES string of the molecule is C=CC(=O)N1CCN(c2nc(OC[C@@H]3C[C@H](C)CN3C)nc3c(Oc4c(Cl)c(F)cc5[nH]ncc45)nc(Cl)cc23)CC1.C=CC(=O)N1CCN(c2nc(OC[C@@H]3C[C@H](OC)CN3C)nc3c(Oc4c(Cl)c(F)cc5[nH]ncc45)nc(Cl)cc23)CC1.C=CC(=O)N1CCN(c2nc(OC[C@H]3C[C@@H](C)CN3C)nc3c(Oc4c(Cl)c(F)cc5[nH]ncc45)nc(Cl)cc23)CC1. The summed E-state index contributed by atoms with van der Waals surface area (Å²) in [6.07, 6.45) is 11.3. The van der Waals surface area contributed by atoms with Crippen LogP contribution in [0.1, 0.15) is 33.1 Å². The first-order valence-electron chi connectivity index (χ1n) is 40.8. The highest BCUT2D eigenvalue weighted by Gasteiger charge is 2.36. The second-order valence-corrected chi connectivity index (χ2v) is 34.1. The number of ether oxygens (including phenoxy) is 7. The van der Waals surface area contributed by atoms with Crippen molar-refractivity contribution in [2.24, 2.45) is 11.8 Å². The second-order valence-electron chi connectivity index (χ2n) is 31.8. The Bertz CT molecular complexity index is 5970. The van der Waals surface area contributed by atoms with Gasteiger partial charge in [0.25, 0.3) is 0 Å². The third-order valence-corrected chi connectivity index (χ3v) is 24.9. The molecule has 6 aliphatic heterocycles. The second kappa shape index (κ2) is 38.3. The first-order chi connectivity index (χ1) is 61.2. The van der Waals surface area contributed by atoms with Gasteiger partial charge in [-0.3, -0.25) is 44.4 Å². The molecule has 34 nitrogen and oxygen atoms in total. The normalized spacial score (nSPS) is 19.5. The van der Waals surface area contributed by atoms with Crippen molar-refractivity contribution in [3.05, 3.63) is 141 Å². The topological polar surface area (TPSA) is 347 Å². The predicted molar refractivity (Wildman–Crippen MR) is 476 cm³/mol. The largest absolute Gasteiger partial charge is 0.462 e. The number of methoxy groups -OCH3 is 1. The minimum Gasteiger partial charge on any atom is -0.462 e. The molecule has 0 unspecified atom stereocenters. The Morgan fingerprint density at radius 3 is 0.976 bits per heavy atom. The number of carbonyl (C=O) groups is 3. The van der Waals surface area contributed by atoms with E-state index in [1.165, 1.54) is 55.0 Å². The van der Waals surface area contributed by atoms with Gasteiger partial charge in [0.05, 0.1) is 73.6 Å². The van der Waals surface area contributed by atoms with Gasteiger partial charge in [0.15, 0.2) is 17.2 Å². The Kier molecular flexibility index (Phi) is 26.9. The molecule has 0 aliphatic carbocycles. The maximum atomic E-state index is 14.7. The van der Waals surface area contributed by atoms with Crippen LogP contribution in [0.15, 0.2) is 93.0 Å². The quantitative estimate of drug-likeness (QED) is 0.0419. The van der Waals surface area contributed by atoms with Crippen molar-refractivity contribution in [3.8, 4) is 52.9 Å². The summed E-state index contributed by atoms with van der Waals surface area (Å²) >= 11 is 38.5. The number of halogens is 9. The van der Waals surface area contributed by atoms with Crippen molar-refractivity contribution >= 4 is 170 Å². The molecule has 3 aromatic carbocycles. The number of fused-ring (bicyclic) bond motifs is 6. The number of nitrogens with one attached hydrogen (secondary N) is 3. The summed E-state index contributed by atoms with van der Waals surface area (Å²) in [6.45, 7) is 25.0. The molecular formula is C84H87Cl6F3N24O10. The molecule has 0 saturated carbocycles. The zero-order valence-electron chi connectivity index (χ0n) is 69.7. The summed E-state index contributed by atoms with van der Waals surface area (Å²) in [5.41, 5.74) is 2.12. The van der Waals surface area contributed by atoms with Crippen molar-refractivity contribution in [2.45, 2.75) is 57.3 Å². The molecular weight excluding hydrogens is 1770 g/mol. The summed E-state index contributed by atoms with van der Waals surface area (Å²) < 4.78 is 86.6. The average molecular weight is 1860 g/mol. The van der Waals surface area contributed by atoms with E-state index in [1.54, 1.807) is 40.0 Å². The van der Waals surface area contributed by atoms with Gasteiger partial charge in [-0.05, 0) is 88.7 Å². The number of H-pyrrole nitrogens is 3. The lowest BCUT2D eigenvalue weighted by molar-refractivity contribution is -0.127. The Morgan fingerprint density at radius 2 is 0.709 bits per heavy atom. The van der Waals surface area contributed by atoms with Crippen LogP contribution in [-0.4, -0.2) is 293 Å². The van der Waals surface area contributed by atoms with Gasteiger partial charge in [-0.15, -0.1) is 0 Å². The van der Waals surface area contributed by atoms with Gasteiger partial charge in [0.1, 0.15) is 102 Å². The van der Waals surface area contributed by atoms with Crippen LogP contribution in [0.25, 0.3) is 65.4 Å². The van der Waals surface area contributed by atoms with Crippen molar-refractivity contribution in [3.63, 3.8) is 0 Å². The van der Waals surface area contributed by atoms with Gasteiger partial charge >= 0.3 is 18.0 Å². The molecule has 127 heavy (non-hydrogen) atoms. The van der Waals surface area contributed by atoms with Crippen molar-refractivity contribution in [1.82, 2.24) is 105 Å². The van der Waals surface area contributed by atoms with Gasteiger partial charge in [0, 0.05) is 142 Å². The van der Waals surface area contributed by atoms with Crippen LogP contribution in [0.4, 0.5) is 30.6 Å². The Labute approximate surface area is 755 Å². The maximum Gasteiger partial charge on any atom is 0.319 e. The highest BCUT2D eigenvalue weighted by atomic mass is 35.5. The number of piperazine rings is 3. The first-order valence-corrected chi connectivity index (χ1v) is 43.1. The van der Waals surface area contributed by atoms with Crippen molar-refractivity contribution < 1.29 is 60.7 Å². The van der Waals surface area contributed by atoms with Crippen LogP contribution >= 0.6 is 69.6 Å². The van der Waals surface area contributed by atoms with Gasteiger partial charge in [-0.1, -0.05) is 103 Å². The molecule has 6 saturated heterocycles. The number of amides is 3. The Hall–Kier alpha value is -11.3. The van der Waals surface area contributed by atoms with Crippen molar-refractivity contribution in [2.75, 3.05) is 161 Å². The predicted octanol–water partition coefficient (Wildman–Crippen LogP) is 13.5. The lowest BCUT2D eigenvalue weighted by atomic mass is 10.1. The fraction of sp³-hybridized carbons (Fsp3) is 0.393. The molecule has 0 spiro atoms. The molecule has 18 rings (SSSR count). The zero-order chi connectivity index (χ0) is 89.3. The Morgan fingerprint density at radius 1 is 0.417 bits per heavy atom. The van der Waals surface area contributed by atoms with Crippen molar-refractivity contribution in [1.29, 1.82) is 0 Å². The molecule has 6 aliphatic rings. The number of likely N-dealkylation sites (N-methyl/N-ethyl adjacent to an activating group) is 3. The van der Waals surface area contributed by atoms with E-state index in [0.29, 0.717) is 193 Å². The molecule has 43 heteroatoms. The summed E-state index contributed by atoms with van der Waals surface area (Å²) in [5, 5.41) is 22.8. The van der Waals surface area contributed by atoms with E-state index in [-0.39, 0.29) is 125 Å². The highest BCUT2D eigenvalue weighted by molar-refractivity contribution is 6.35. The molecule has 3 amide bonds. The van der Waals surface area contributed by atoms with E-state index < -0.39 is 17.5 Å². The number of benzene rings is 3. The number of likely N-dealkylation sites (tertiary alicyclic amines) is 3. The molecule has 12 aromatic rings. The average Bonchev–Trinajstić information content (AvgIpc) is 1.65. The van der Waals surface area contributed by atoms with Gasteiger partial charge in [-0.25, -0.2) is 13.2 Å². The summed E-state index contributed by atoms with van der Waals surface area (Å²) in [4.78, 5) is 96.1. The number of aromatic nitrogens is 15. The van der Waals surface area contributed by atoms with Crippen LogP contribution in [0.5, 0.6) is 52.9 Å². The number of rotatable bonds is 22. The summed E-state index contributed by atoms with van der Waals surface area (Å²) in [7, 11) is 7.86. The monoisotopic (exact) mass is 1860 g/mol. The number of hydrogen-bond donors (Lipinski definition) is 3. The number of anilines is 3. The molecule has 15 heterocycles. The Balaban J connectivity index is 0.000000140. The zero-order valence-corrected chi connectivity index (χ0v) is 74.3. The molecule has 6 atom stereocenters. The fourth-order valence-corrected chi connectivity index (χ4v) is 17.8. The maximum absolute atomic E-state index is 14.7. The van der Waals surface area contributed by atoms with Gasteiger partial charge in [0.2, 0.25) is 35.4 Å². The third kappa shape index (κ3) is 19.2. The van der Waals surface area contributed by atoms with Crippen LogP contribution in [0.2, 0.25) is 30.5 Å². The van der Waals surface area contributed by atoms with Crippen LogP contribution < -0.4 is 43.1 Å². The number of hydrogen-bond acceptors (Lipinski definition) is 28. The highest BCUT2D eigenvalue weighted by Crippen LogP contribution is 2.46. The van der Waals surface area contributed by atoms with Crippen LogP contribution in [0.3, 0.4) is 0 Å². The van der Waals surface area contributed by atoms with E-state index in [4.69, 9.17) is 118 Å². The standard InChI is InChI=1S/C28H29Cl2FN8O4.2C28H29Cl2FN8O3/c1-4-22(40)38-5-7-39(8-6-38)26-17-10-21(29)33-27(43-25-18-12-32-36-20(18)11-19(31)23(25)30)24(17)34-28(35-26)42-14-15-9-16(41-3)13-37(15)2;2*1-4-22(40)38-5-7-39(8-6-38)26-17-10-21(29)33-27(42-25-18-12-32-36-20(18)11-19(31)23(25)30)24(17)34-28(35-26)41-14-16-9-15(2)13-37(16)3/h4,10-12,15-16H,1,5-9,13-14H2,2-3H3,(H,32,36);2*4,10-12,15-16H,1,5-9,13-14H2,2-3H3,(H,32,36)/t3*15-,16-/m010/s1. The molecule has 6 fully saturated rings. The number of aromatic amines is 3. The molecule has 0 radical (unpaired) electrons. The van der Waals surface area contributed by atoms with E-state index in [0.717, 1.165) is 38.9 Å². The lowest BCUT2D eigenvalue weighted by Crippen LogP contribution is -2.48. The number of carbonyl (C=O) groups excluding carboxylic acids is 3. The smallest absolute Gasteiger partial charge is 0.319 e. The summed E-state index contributed by atoms with van der Waals surface area (Å²) in [6, 6.07) is 9.58. The molecule has 9 aromatic heterocycles. The fourth-order valence-electron chi connectivity index (χ4n) is 16.7. The third-order valence-electron chi connectivity index (χ3n) is 23.3. The van der Waals surface area contributed by atoms with Gasteiger partial charge in [-0.2, -0.15) is 60.2 Å². The molecule has 0 bridgehead atoms. The minimum absolute atomic E-state index is 0.00748. The van der Waals surface area contributed by atoms with Crippen LogP contribution in [0, 0.1) is 29.3 Å². The van der Waals surface area contributed by atoms with E-state index in [1.807, 2.05) is 21.7 Å². The van der Waals surface area contributed by atoms with E-state index in [2.05, 4.69) is 123 Å². The summed E-state index contributed by atoms with van der Waals surface area (Å²) in [5.74, 6) is 0.403. The number of pyridine rings is 3. The van der Waals surface area contributed by atoms with E-state index >= 15 is 0 Å². The van der Waals surface area contributed by atoms with E-state index in [9.17, 15) is 27.6 Å². The molecule has 666 valence electrons. The lowest BCUT2D eigenvalue weighted by Gasteiger charge is -2.35. The number of nitrogens with zero attached hydrogens (tertiary/aromatic N) is 21. The first kappa shape index (κ1) is 89.1. The minimum atomic E-state index is -0.693. The molecule has 3 N–H and O–H groups in total.